The molecule has 7 nitrogen and oxygen atoms in total. The normalized spacial score (nSPS) is 24.0. The monoisotopic (exact) mass is 497 g/mol. The van der Waals surface area contributed by atoms with Crippen molar-refractivity contribution >= 4 is 17.9 Å². The highest BCUT2D eigenvalue weighted by Crippen LogP contribution is 2.29. The van der Waals surface area contributed by atoms with Crippen LogP contribution in [0.25, 0.3) is 6.08 Å². The van der Waals surface area contributed by atoms with Crippen molar-refractivity contribution in [3.63, 3.8) is 0 Å². The fraction of sp³-hybridized carbons (Fsp3) is 0.655. The molecule has 0 bridgehead atoms. The van der Waals surface area contributed by atoms with Gasteiger partial charge in [-0.2, -0.15) is 0 Å². The number of nitrogens with one attached hydrogen (secondary N) is 1. The average molecular weight is 498 g/mol. The van der Waals surface area contributed by atoms with Gasteiger partial charge in [0.15, 0.2) is 18.1 Å². The lowest BCUT2D eigenvalue weighted by Crippen LogP contribution is -2.49. The molecule has 198 valence electrons. The molecule has 36 heavy (non-hydrogen) atoms. The van der Waals surface area contributed by atoms with E-state index in [1.54, 1.807) is 25.3 Å². The molecule has 7 heteroatoms. The van der Waals surface area contributed by atoms with E-state index in [0.717, 1.165) is 50.3 Å². The Kier molecular flexibility index (Phi) is 9.67. The minimum Gasteiger partial charge on any atom is -0.493 e. The highest BCUT2D eigenvalue weighted by molar-refractivity contribution is 5.92. The Morgan fingerprint density at radius 1 is 0.972 bits per heavy atom. The lowest BCUT2D eigenvalue weighted by atomic mass is 9.87. The predicted molar refractivity (Wildman–Crippen MR) is 142 cm³/mol. The van der Waals surface area contributed by atoms with Gasteiger partial charge in [0.1, 0.15) is 0 Å². The summed E-state index contributed by atoms with van der Waals surface area (Å²) in [6.07, 6.45) is 13.8. The lowest BCUT2D eigenvalue weighted by Gasteiger charge is -2.40. The van der Waals surface area contributed by atoms with Gasteiger partial charge in [-0.3, -0.25) is 9.59 Å². The molecule has 2 aliphatic heterocycles. The third-order valence-corrected chi connectivity index (χ3v) is 8.05. The Bertz CT molecular complexity index is 896. The first-order valence-corrected chi connectivity index (χ1v) is 13.8. The summed E-state index contributed by atoms with van der Waals surface area (Å²) in [6, 6.07) is 6.39. The van der Waals surface area contributed by atoms with Gasteiger partial charge in [-0.15, -0.1) is 0 Å². The molecule has 2 saturated heterocycles. The molecule has 1 aromatic rings. The molecule has 0 radical (unpaired) electrons. The maximum atomic E-state index is 12.8. The standard InChI is InChI=1S/C29H43N3O4/c1-22-6-10-24(11-7-22)30-28(33)13-9-23-8-12-26(27(20-23)35-2)36-21-29(34)32-18-14-25(15-19-32)31-16-4-3-5-17-31/h8-9,12-13,20,22,24-25H,3-7,10-11,14-19,21H2,1-2H3,(H,30,33)/t22-,24-. The number of nitrogens with zero attached hydrogens (tertiary/aromatic N) is 2. The Morgan fingerprint density at radius 2 is 1.69 bits per heavy atom. The van der Waals surface area contributed by atoms with Crippen LogP contribution in [-0.2, 0) is 9.59 Å². The van der Waals surface area contributed by atoms with E-state index >= 15 is 0 Å². The first kappa shape index (κ1) is 26.5. The van der Waals surface area contributed by atoms with Crippen LogP contribution in [0.2, 0.25) is 0 Å². The van der Waals surface area contributed by atoms with E-state index in [2.05, 4.69) is 17.1 Å². The number of methoxy groups -OCH3 is 1. The van der Waals surface area contributed by atoms with E-state index < -0.39 is 0 Å². The minimum absolute atomic E-state index is 0.00232. The van der Waals surface area contributed by atoms with E-state index in [0.29, 0.717) is 17.5 Å². The van der Waals surface area contributed by atoms with Crippen LogP contribution in [0.1, 0.15) is 70.3 Å². The molecule has 3 aliphatic rings. The van der Waals surface area contributed by atoms with Crippen molar-refractivity contribution in [1.29, 1.82) is 0 Å². The molecule has 3 fully saturated rings. The molecule has 1 aliphatic carbocycles. The Morgan fingerprint density at radius 3 is 2.39 bits per heavy atom. The van der Waals surface area contributed by atoms with Gasteiger partial charge in [0.05, 0.1) is 7.11 Å². The SMILES string of the molecule is COc1cc(C=CC(=O)N[C@H]2CC[C@H](C)CC2)ccc1OCC(=O)N1CCC(N2CCCCC2)CC1. The van der Waals surface area contributed by atoms with Crippen molar-refractivity contribution < 1.29 is 19.1 Å². The van der Waals surface area contributed by atoms with Crippen LogP contribution in [-0.4, -0.2) is 73.6 Å². The summed E-state index contributed by atoms with van der Waals surface area (Å²) in [5.41, 5.74) is 0.845. The second-order valence-electron chi connectivity index (χ2n) is 10.7. The van der Waals surface area contributed by atoms with Gasteiger partial charge < -0.3 is 24.6 Å². The number of carbonyl (C=O) groups is 2. The van der Waals surface area contributed by atoms with Crippen LogP contribution in [0, 0.1) is 5.92 Å². The molecule has 2 heterocycles. The number of hydrogen-bond donors (Lipinski definition) is 1. The van der Waals surface area contributed by atoms with Gasteiger partial charge in [-0.25, -0.2) is 0 Å². The summed E-state index contributed by atoms with van der Waals surface area (Å²) in [5, 5.41) is 3.11. The smallest absolute Gasteiger partial charge is 0.260 e. The maximum Gasteiger partial charge on any atom is 0.260 e. The highest BCUT2D eigenvalue weighted by atomic mass is 16.5. The number of amides is 2. The summed E-state index contributed by atoms with van der Waals surface area (Å²) in [6.45, 7) is 6.28. The van der Waals surface area contributed by atoms with Crippen molar-refractivity contribution in [2.45, 2.75) is 76.8 Å². The summed E-state index contributed by atoms with van der Waals surface area (Å²) < 4.78 is 11.3. The first-order chi connectivity index (χ1) is 17.5. The Hall–Kier alpha value is -2.54. The molecular formula is C29H43N3O4. The molecule has 1 saturated carbocycles. The van der Waals surface area contributed by atoms with Crippen molar-refractivity contribution in [3.8, 4) is 11.5 Å². The summed E-state index contributed by atoms with van der Waals surface area (Å²) in [7, 11) is 1.58. The van der Waals surface area contributed by atoms with Crippen LogP contribution < -0.4 is 14.8 Å². The fourth-order valence-electron chi connectivity index (χ4n) is 5.73. The van der Waals surface area contributed by atoms with E-state index in [9.17, 15) is 9.59 Å². The second-order valence-corrected chi connectivity index (χ2v) is 10.7. The Labute approximate surface area is 216 Å². The van der Waals surface area contributed by atoms with E-state index in [4.69, 9.17) is 9.47 Å². The fourth-order valence-corrected chi connectivity index (χ4v) is 5.73. The van der Waals surface area contributed by atoms with Crippen molar-refractivity contribution in [3.05, 3.63) is 29.8 Å². The first-order valence-electron chi connectivity index (χ1n) is 13.8. The summed E-state index contributed by atoms with van der Waals surface area (Å²) >= 11 is 0. The number of ether oxygens (including phenoxy) is 2. The molecule has 1 N–H and O–H groups in total. The van der Waals surface area contributed by atoms with Crippen molar-refractivity contribution in [2.24, 2.45) is 5.92 Å². The Balaban J connectivity index is 1.23. The van der Waals surface area contributed by atoms with Gasteiger partial charge in [-0.05, 0) is 94.1 Å². The summed E-state index contributed by atoms with van der Waals surface area (Å²) in [5.74, 6) is 1.80. The molecule has 0 spiro atoms. The van der Waals surface area contributed by atoms with Gasteiger partial charge >= 0.3 is 0 Å². The largest absolute Gasteiger partial charge is 0.493 e. The van der Waals surface area contributed by atoms with Crippen LogP contribution in [0.3, 0.4) is 0 Å². The molecule has 1 aromatic carbocycles. The zero-order chi connectivity index (χ0) is 25.3. The van der Waals surface area contributed by atoms with Gasteiger partial charge in [0.25, 0.3) is 5.91 Å². The predicted octanol–water partition coefficient (Wildman–Crippen LogP) is 4.26. The number of piperidine rings is 2. The average Bonchev–Trinajstić information content (AvgIpc) is 2.92. The molecule has 0 atom stereocenters. The van der Waals surface area contributed by atoms with Crippen LogP contribution in [0.15, 0.2) is 24.3 Å². The van der Waals surface area contributed by atoms with Gasteiger partial charge in [-0.1, -0.05) is 19.4 Å². The van der Waals surface area contributed by atoms with Crippen molar-refractivity contribution in [2.75, 3.05) is 39.9 Å². The molecule has 2 amide bonds. The third-order valence-electron chi connectivity index (χ3n) is 8.05. The second kappa shape index (κ2) is 13.1. The number of rotatable bonds is 8. The minimum atomic E-state index is -0.0662. The number of hydrogen-bond acceptors (Lipinski definition) is 5. The third kappa shape index (κ3) is 7.48. The van der Waals surface area contributed by atoms with E-state index in [-0.39, 0.29) is 24.5 Å². The molecule has 0 aromatic heterocycles. The van der Waals surface area contributed by atoms with Crippen LogP contribution in [0.4, 0.5) is 0 Å². The molecular weight excluding hydrogens is 454 g/mol. The summed E-state index contributed by atoms with van der Waals surface area (Å²) in [4.78, 5) is 29.6. The van der Waals surface area contributed by atoms with E-state index in [1.807, 2.05) is 17.0 Å². The van der Waals surface area contributed by atoms with E-state index in [1.165, 1.54) is 45.2 Å². The molecule has 0 unspecified atom stereocenters. The zero-order valence-corrected chi connectivity index (χ0v) is 22.0. The topological polar surface area (TPSA) is 71.1 Å². The van der Waals surface area contributed by atoms with Crippen molar-refractivity contribution in [1.82, 2.24) is 15.1 Å². The molecule has 4 rings (SSSR count). The van der Waals surface area contributed by atoms with Crippen LogP contribution >= 0.6 is 0 Å². The number of benzene rings is 1. The number of likely N-dealkylation sites (tertiary alicyclic amines) is 2. The quantitative estimate of drug-likeness (QED) is 0.544. The van der Waals surface area contributed by atoms with Gasteiger partial charge in [0.2, 0.25) is 5.91 Å². The maximum absolute atomic E-state index is 12.8. The zero-order valence-electron chi connectivity index (χ0n) is 22.0. The number of carbonyl (C=O) groups excluding carboxylic acids is 2. The lowest BCUT2D eigenvalue weighted by molar-refractivity contribution is -0.135. The van der Waals surface area contributed by atoms with Gasteiger partial charge in [0, 0.05) is 31.2 Å². The van der Waals surface area contributed by atoms with Crippen LogP contribution in [0.5, 0.6) is 11.5 Å². The highest BCUT2D eigenvalue weighted by Gasteiger charge is 2.28.